The van der Waals surface area contributed by atoms with Crippen LogP contribution < -0.4 is 0 Å². The number of hydrogen-bond acceptors (Lipinski definition) is 3. The van der Waals surface area contributed by atoms with Gasteiger partial charge in [-0.3, -0.25) is 0 Å². The molecule has 0 N–H and O–H groups in total. The van der Waals surface area contributed by atoms with Gasteiger partial charge in [0.25, 0.3) is 0 Å². The Bertz CT molecular complexity index is 345. The van der Waals surface area contributed by atoms with Gasteiger partial charge in [-0.2, -0.15) is 0 Å². The fourth-order valence-electron chi connectivity index (χ4n) is 1.44. The molecule has 1 aliphatic heterocycles. The molecule has 0 radical (unpaired) electrons. The largest absolute Gasteiger partial charge is 0.509 e. The average molecular weight is 190 g/mol. The lowest BCUT2D eigenvalue weighted by Gasteiger charge is -2.11. The van der Waals surface area contributed by atoms with E-state index in [0.29, 0.717) is 0 Å². The van der Waals surface area contributed by atoms with Gasteiger partial charge in [0, 0.05) is 0 Å². The Morgan fingerprint density at radius 2 is 1.93 bits per heavy atom. The highest BCUT2D eigenvalue weighted by molar-refractivity contribution is 5.63. The van der Waals surface area contributed by atoms with Crippen LogP contribution >= 0.6 is 0 Å². The van der Waals surface area contributed by atoms with Crippen molar-refractivity contribution in [3.05, 3.63) is 48.6 Å². The first-order chi connectivity index (χ1) is 6.81. The predicted octanol–water partition coefficient (Wildman–Crippen LogP) is 2.45. The van der Waals surface area contributed by atoms with Crippen LogP contribution in [0.1, 0.15) is 11.7 Å². The second-order valence-electron chi connectivity index (χ2n) is 3.02. The molecular formula is C11H10O3. The maximum Gasteiger partial charge on any atom is 0.509 e. The lowest BCUT2D eigenvalue weighted by Crippen LogP contribution is -2.11. The van der Waals surface area contributed by atoms with Gasteiger partial charge >= 0.3 is 6.16 Å². The average Bonchev–Trinajstić information content (AvgIpc) is 2.61. The summed E-state index contributed by atoms with van der Waals surface area (Å²) in [5.41, 5.74) is 0.920. The monoisotopic (exact) mass is 190 g/mol. The molecule has 3 nitrogen and oxygen atoms in total. The first-order valence-corrected chi connectivity index (χ1v) is 4.36. The van der Waals surface area contributed by atoms with Crippen LogP contribution in [0.25, 0.3) is 0 Å². The lowest BCUT2D eigenvalue weighted by molar-refractivity contribution is 0.117. The van der Waals surface area contributed by atoms with Crippen molar-refractivity contribution < 1.29 is 14.3 Å². The van der Waals surface area contributed by atoms with Crippen molar-refractivity contribution in [2.75, 3.05) is 0 Å². The molecule has 0 amide bonds. The van der Waals surface area contributed by atoms with Crippen LogP contribution in [-0.4, -0.2) is 12.3 Å². The molecule has 1 aliphatic rings. The van der Waals surface area contributed by atoms with Gasteiger partial charge in [-0.15, -0.1) is 0 Å². The molecule has 14 heavy (non-hydrogen) atoms. The lowest BCUT2D eigenvalue weighted by atomic mass is 10.1. The van der Waals surface area contributed by atoms with E-state index in [4.69, 9.17) is 9.47 Å². The molecule has 1 fully saturated rings. The zero-order valence-electron chi connectivity index (χ0n) is 7.55. The third-order valence-corrected chi connectivity index (χ3v) is 2.11. The van der Waals surface area contributed by atoms with Crippen LogP contribution in [0.3, 0.4) is 0 Å². The van der Waals surface area contributed by atoms with Gasteiger partial charge in [-0.1, -0.05) is 36.9 Å². The summed E-state index contributed by atoms with van der Waals surface area (Å²) in [5.74, 6) is 0. The van der Waals surface area contributed by atoms with Gasteiger partial charge in [0.05, 0.1) is 0 Å². The van der Waals surface area contributed by atoms with Crippen LogP contribution in [0.4, 0.5) is 4.79 Å². The minimum absolute atomic E-state index is 0.360. The molecule has 0 spiro atoms. The number of carbonyl (C=O) groups is 1. The van der Waals surface area contributed by atoms with E-state index in [9.17, 15) is 4.79 Å². The first-order valence-electron chi connectivity index (χ1n) is 4.36. The fourth-order valence-corrected chi connectivity index (χ4v) is 1.44. The second kappa shape index (κ2) is 3.54. The van der Waals surface area contributed by atoms with Gasteiger partial charge < -0.3 is 9.47 Å². The standard InChI is InChI=1S/C11H10O3/c1-2-9-10(14-11(12)13-9)8-6-4-3-5-7-8/h2-7,9-10H,1H2/t9-,10-/m0/s1. The highest BCUT2D eigenvalue weighted by atomic mass is 16.8. The van der Waals surface area contributed by atoms with E-state index in [0.717, 1.165) is 5.56 Å². The summed E-state index contributed by atoms with van der Waals surface area (Å²) in [6.45, 7) is 3.60. The highest BCUT2D eigenvalue weighted by Gasteiger charge is 2.35. The summed E-state index contributed by atoms with van der Waals surface area (Å²) < 4.78 is 9.92. The molecule has 0 saturated carbocycles. The van der Waals surface area contributed by atoms with E-state index in [1.54, 1.807) is 6.08 Å². The van der Waals surface area contributed by atoms with Crippen molar-refractivity contribution in [2.24, 2.45) is 0 Å². The van der Waals surface area contributed by atoms with Gasteiger partial charge in [0.1, 0.15) is 0 Å². The van der Waals surface area contributed by atoms with E-state index in [1.165, 1.54) is 0 Å². The van der Waals surface area contributed by atoms with Crippen molar-refractivity contribution in [3.8, 4) is 0 Å². The van der Waals surface area contributed by atoms with Crippen molar-refractivity contribution in [1.82, 2.24) is 0 Å². The van der Waals surface area contributed by atoms with Crippen LogP contribution in [0.15, 0.2) is 43.0 Å². The molecule has 0 unspecified atom stereocenters. The zero-order valence-corrected chi connectivity index (χ0v) is 7.55. The number of benzene rings is 1. The topological polar surface area (TPSA) is 35.5 Å². The third kappa shape index (κ3) is 1.48. The molecule has 0 aliphatic carbocycles. The third-order valence-electron chi connectivity index (χ3n) is 2.11. The second-order valence-corrected chi connectivity index (χ2v) is 3.02. The Morgan fingerprint density at radius 1 is 1.21 bits per heavy atom. The molecule has 1 aromatic carbocycles. The molecule has 1 saturated heterocycles. The summed E-state index contributed by atoms with van der Waals surface area (Å²) in [5, 5.41) is 0. The van der Waals surface area contributed by atoms with Crippen molar-refractivity contribution in [1.29, 1.82) is 0 Å². The summed E-state index contributed by atoms with van der Waals surface area (Å²) in [7, 11) is 0. The van der Waals surface area contributed by atoms with Crippen LogP contribution in [0.5, 0.6) is 0 Å². The van der Waals surface area contributed by atoms with Crippen LogP contribution in [0, 0.1) is 0 Å². The van der Waals surface area contributed by atoms with E-state index in [-0.39, 0.29) is 12.2 Å². The minimum Gasteiger partial charge on any atom is -0.422 e. The molecule has 72 valence electrons. The quantitative estimate of drug-likeness (QED) is 0.530. The number of hydrogen-bond donors (Lipinski definition) is 0. The summed E-state index contributed by atoms with van der Waals surface area (Å²) >= 11 is 0. The normalized spacial score (nSPS) is 25.3. The number of ether oxygens (including phenoxy) is 2. The summed E-state index contributed by atoms with van der Waals surface area (Å²) in [6, 6.07) is 9.47. The smallest absolute Gasteiger partial charge is 0.422 e. The first kappa shape index (κ1) is 8.81. The Morgan fingerprint density at radius 3 is 2.57 bits per heavy atom. The van der Waals surface area contributed by atoms with Gasteiger partial charge in [-0.05, 0) is 11.6 Å². The Kier molecular flexibility index (Phi) is 2.23. The van der Waals surface area contributed by atoms with Crippen molar-refractivity contribution in [2.45, 2.75) is 12.2 Å². The number of cyclic esters (lactones) is 2. The molecule has 1 heterocycles. The molecule has 2 rings (SSSR count). The number of carbonyl (C=O) groups excluding carboxylic acids is 1. The summed E-state index contributed by atoms with van der Waals surface area (Å²) in [6.07, 6.45) is 0.192. The van der Waals surface area contributed by atoms with E-state index in [1.807, 2.05) is 30.3 Å². The van der Waals surface area contributed by atoms with Crippen molar-refractivity contribution >= 4 is 6.16 Å². The SMILES string of the molecule is C=C[C@@H]1OC(=O)O[C@H]1c1ccccc1. The Hall–Kier alpha value is -1.77. The zero-order chi connectivity index (χ0) is 9.97. The van der Waals surface area contributed by atoms with E-state index < -0.39 is 6.16 Å². The Balaban J connectivity index is 2.26. The maximum atomic E-state index is 10.9. The van der Waals surface area contributed by atoms with E-state index >= 15 is 0 Å². The van der Waals surface area contributed by atoms with Gasteiger partial charge in [0.2, 0.25) is 0 Å². The van der Waals surface area contributed by atoms with Gasteiger partial charge in [0.15, 0.2) is 12.2 Å². The Labute approximate surface area is 81.9 Å². The molecular weight excluding hydrogens is 180 g/mol. The van der Waals surface area contributed by atoms with Crippen LogP contribution in [0.2, 0.25) is 0 Å². The van der Waals surface area contributed by atoms with Gasteiger partial charge in [-0.25, -0.2) is 4.79 Å². The van der Waals surface area contributed by atoms with E-state index in [2.05, 4.69) is 6.58 Å². The maximum absolute atomic E-state index is 10.9. The molecule has 1 aromatic rings. The van der Waals surface area contributed by atoms with Crippen LogP contribution in [-0.2, 0) is 9.47 Å². The predicted molar refractivity (Wildman–Crippen MR) is 50.7 cm³/mol. The fraction of sp³-hybridized carbons (Fsp3) is 0.182. The minimum atomic E-state index is -0.635. The molecule has 0 bridgehead atoms. The molecule has 2 atom stereocenters. The highest BCUT2D eigenvalue weighted by Crippen LogP contribution is 2.30. The summed E-state index contributed by atoms with van der Waals surface area (Å²) in [4.78, 5) is 10.9. The molecule has 0 aromatic heterocycles. The molecule has 3 heteroatoms. The number of rotatable bonds is 2. The van der Waals surface area contributed by atoms with Crippen molar-refractivity contribution in [3.63, 3.8) is 0 Å².